The van der Waals surface area contributed by atoms with Crippen molar-refractivity contribution < 1.29 is 14.4 Å². The minimum absolute atomic E-state index is 0.153. The van der Waals surface area contributed by atoms with Crippen LogP contribution in [0.1, 0.15) is 12.8 Å². The standard InChI is InChI=1S/C18H24N4O3/c23-16(14-22-17(24)6-7-18(22)25)19-8-9-20-10-12-21(13-11-20)15-4-2-1-3-5-15/h1-5H,6-14H2,(H,19,23). The molecule has 0 saturated carbocycles. The van der Waals surface area contributed by atoms with Crippen LogP contribution >= 0.6 is 0 Å². The summed E-state index contributed by atoms with van der Waals surface area (Å²) in [6.45, 7) is 4.99. The number of likely N-dealkylation sites (tertiary alicyclic amines) is 1. The molecule has 1 N–H and O–H groups in total. The normalized spacial score (nSPS) is 18.7. The molecule has 7 heteroatoms. The summed E-state index contributed by atoms with van der Waals surface area (Å²) < 4.78 is 0. The molecular weight excluding hydrogens is 320 g/mol. The van der Waals surface area contributed by atoms with Crippen LogP contribution in [-0.2, 0) is 14.4 Å². The zero-order chi connectivity index (χ0) is 17.6. The quantitative estimate of drug-likeness (QED) is 0.740. The predicted octanol–water partition coefficient (Wildman–Crippen LogP) is 0.0738. The molecule has 1 aromatic rings. The van der Waals surface area contributed by atoms with E-state index in [4.69, 9.17) is 0 Å². The lowest BCUT2D eigenvalue weighted by Crippen LogP contribution is -2.49. The molecule has 0 unspecified atom stereocenters. The van der Waals surface area contributed by atoms with Crippen molar-refractivity contribution in [2.24, 2.45) is 0 Å². The number of carbonyl (C=O) groups excluding carboxylic acids is 3. The summed E-state index contributed by atoms with van der Waals surface area (Å²) in [6.07, 6.45) is 0.440. The molecule has 7 nitrogen and oxygen atoms in total. The topological polar surface area (TPSA) is 73.0 Å². The lowest BCUT2D eigenvalue weighted by molar-refractivity contribution is -0.142. The first-order valence-electron chi connectivity index (χ1n) is 8.76. The van der Waals surface area contributed by atoms with Gasteiger partial charge in [-0.05, 0) is 12.1 Å². The van der Waals surface area contributed by atoms with Gasteiger partial charge in [-0.3, -0.25) is 24.2 Å². The van der Waals surface area contributed by atoms with E-state index in [1.54, 1.807) is 0 Å². The Hall–Kier alpha value is -2.41. The number of hydrogen-bond donors (Lipinski definition) is 1. The number of benzene rings is 1. The van der Waals surface area contributed by atoms with Crippen molar-refractivity contribution in [3.8, 4) is 0 Å². The third-order valence-electron chi connectivity index (χ3n) is 4.70. The van der Waals surface area contributed by atoms with Crippen molar-refractivity contribution in [2.75, 3.05) is 50.7 Å². The number of nitrogens with one attached hydrogen (secondary N) is 1. The van der Waals surface area contributed by atoms with Gasteiger partial charge in [-0.2, -0.15) is 0 Å². The van der Waals surface area contributed by atoms with Crippen LogP contribution in [0.25, 0.3) is 0 Å². The summed E-state index contributed by atoms with van der Waals surface area (Å²) in [5.74, 6) is -0.777. The highest BCUT2D eigenvalue weighted by Crippen LogP contribution is 2.15. The number of rotatable bonds is 6. The third-order valence-corrected chi connectivity index (χ3v) is 4.70. The Balaban J connectivity index is 1.34. The molecule has 2 saturated heterocycles. The van der Waals surface area contributed by atoms with Crippen LogP contribution in [0.4, 0.5) is 5.69 Å². The van der Waals surface area contributed by atoms with E-state index < -0.39 is 0 Å². The number of carbonyl (C=O) groups is 3. The molecule has 3 amide bonds. The number of anilines is 1. The zero-order valence-corrected chi connectivity index (χ0v) is 14.3. The highest BCUT2D eigenvalue weighted by atomic mass is 16.2. The van der Waals surface area contributed by atoms with Gasteiger partial charge in [-0.15, -0.1) is 0 Å². The van der Waals surface area contributed by atoms with Gasteiger partial charge in [0.25, 0.3) is 0 Å². The second-order valence-corrected chi connectivity index (χ2v) is 6.39. The summed E-state index contributed by atoms with van der Waals surface area (Å²) in [6, 6.07) is 10.4. The second-order valence-electron chi connectivity index (χ2n) is 6.39. The maximum absolute atomic E-state index is 11.9. The SMILES string of the molecule is O=C(CN1C(=O)CCC1=O)NCCN1CCN(c2ccccc2)CC1. The largest absolute Gasteiger partial charge is 0.369 e. The van der Waals surface area contributed by atoms with E-state index in [0.717, 1.165) is 37.6 Å². The van der Waals surface area contributed by atoms with Gasteiger partial charge in [-0.25, -0.2) is 0 Å². The van der Waals surface area contributed by atoms with Crippen molar-refractivity contribution in [1.29, 1.82) is 0 Å². The summed E-state index contributed by atoms with van der Waals surface area (Å²) >= 11 is 0. The minimum Gasteiger partial charge on any atom is -0.369 e. The van der Waals surface area contributed by atoms with Gasteiger partial charge in [0.1, 0.15) is 6.54 Å². The van der Waals surface area contributed by atoms with Crippen LogP contribution in [0.15, 0.2) is 30.3 Å². The Morgan fingerprint density at radius 2 is 1.60 bits per heavy atom. The fraction of sp³-hybridized carbons (Fsp3) is 0.500. The predicted molar refractivity (Wildman–Crippen MR) is 94.1 cm³/mol. The van der Waals surface area contributed by atoms with E-state index in [1.807, 2.05) is 18.2 Å². The maximum Gasteiger partial charge on any atom is 0.240 e. The Bertz CT molecular complexity index is 610. The van der Waals surface area contributed by atoms with Gasteiger partial charge >= 0.3 is 0 Å². The molecule has 2 aliphatic rings. The van der Waals surface area contributed by atoms with Gasteiger partial charge in [0.15, 0.2) is 0 Å². The van der Waals surface area contributed by atoms with Crippen molar-refractivity contribution in [1.82, 2.24) is 15.1 Å². The first-order chi connectivity index (χ1) is 12.1. The van der Waals surface area contributed by atoms with Crippen LogP contribution in [0.3, 0.4) is 0 Å². The Morgan fingerprint density at radius 3 is 2.24 bits per heavy atom. The van der Waals surface area contributed by atoms with E-state index in [-0.39, 0.29) is 37.1 Å². The zero-order valence-electron chi connectivity index (χ0n) is 14.3. The molecule has 1 aromatic carbocycles. The lowest BCUT2D eigenvalue weighted by Gasteiger charge is -2.36. The van der Waals surface area contributed by atoms with Crippen LogP contribution in [0.2, 0.25) is 0 Å². The summed E-state index contributed by atoms with van der Waals surface area (Å²) in [5.41, 5.74) is 1.25. The molecule has 134 valence electrons. The molecule has 2 fully saturated rings. The van der Waals surface area contributed by atoms with Gasteiger partial charge in [0.2, 0.25) is 17.7 Å². The maximum atomic E-state index is 11.9. The second kappa shape index (κ2) is 8.11. The molecule has 0 bridgehead atoms. The first-order valence-corrected chi connectivity index (χ1v) is 8.76. The van der Waals surface area contributed by atoms with Crippen LogP contribution in [0.5, 0.6) is 0 Å². The first kappa shape index (κ1) is 17.4. The Kier molecular flexibility index (Phi) is 5.65. The number of amides is 3. The van der Waals surface area contributed by atoms with Crippen molar-refractivity contribution in [2.45, 2.75) is 12.8 Å². The number of hydrogen-bond acceptors (Lipinski definition) is 5. The van der Waals surface area contributed by atoms with Crippen molar-refractivity contribution in [3.63, 3.8) is 0 Å². The molecule has 0 atom stereocenters. The molecule has 2 aliphatic heterocycles. The van der Waals surface area contributed by atoms with E-state index >= 15 is 0 Å². The number of imide groups is 1. The van der Waals surface area contributed by atoms with Gasteiger partial charge in [0.05, 0.1) is 0 Å². The molecule has 0 aromatic heterocycles. The number of nitrogens with zero attached hydrogens (tertiary/aromatic N) is 3. The average molecular weight is 344 g/mol. The highest BCUT2D eigenvalue weighted by Gasteiger charge is 2.30. The van der Waals surface area contributed by atoms with Crippen LogP contribution in [-0.4, -0.2) is 73.3 Å². The molecule has 0 radical (unpaired) electrons. The molecule has 0 aliphatic carbocycles. The summed E-state index contributed by atoms with van der Waals surface area (Å²) in [5, 5.41) is 2.80. The van der Waals surface area contributed by atoms with Crippen LogP contribution < -0.4 is 10.2 Å². The number of piperazine rings is 1. The molecule has 2 heterocycles. The van der Waals surface area contributed by atoms with Crippen molar-refractivity contribution >= 4 is 23.4 Å². The van der Waals surface area contributed by atoms with E-state index in [9.17, 15) is 14.4 Å². The summed E-state index contributed by atoms with van der Waals surface area (Å²) in [7, 11) is 0. The van der Waals surface area contributed by atoms with Gasteiger partial charge in [0, 0.05) is 57.8 Å². The van der Waals surface area contributed by atoms with Gasteiger partial charge in [-0.1, -0.05) is 18.2 Å². The van der Waals surface area contributed by atoms with Crippen LogP contribution in [0, 0.1) is 0 Å². The van der Waals surface area contributed by atoms with Crippen molar-refractivity contribution in [3.05, 3.63) is 30.3 Å². The number of para-hydroxylation sites is 1. The molecule has 3 rings (SSSR count). The minimum atomic E-state index is -0.272. The lowest BCUT2D eigenvalue weighted by atomic mass is 10.2. The van der Waals surface area contributed by atoms with E-state index in [1.165, 1.54) is 5.69 Å². The Labute approximate surface area is 147 Å². The molecular formula is C18H24N4O3. The smallest absolute Gasteiger partial charge is 0.240 e. The average Bonchev–Trinajstić information content (AvgIpc) is 2.95. The molecule has 25 heavy (non-hydrogen) atoms. The monoisotopic (exact) mass is 344 g/mol. The fourth-order valence-electron chi connectivity index (χ4n) is 3.22. The van der Waals surface area contributed by atoms with E-state index in [2.05, 4.69) is 27.2 Å². The fourth-order valence-corrected chi connectivity index (χ4v) is 3.22. The third kappa shape index (κ3) is 4.57. The van der Waals surface area contributed by atoms with E-state index in [0.29, 0.717) is 6.54 Å². The molecule has 0 spiro atoms. The highest BCUT2D eigenvalue weighted by molar-refractivity contribution is 6.04. The van der Waals surface area contributed by atoms with Gasteiger partial charge < -0.3 is 10.2 Å². The Morgan fingerprint density at radius 1 is 0.960 bits per heavy atom. The summed E-state index contributed by atoms with van der Waals surface area (Å²) in [4.78, 5) is 40.6.